The van der Waals surface area contributed by atoms with E-state index in [9.17, 15) is 4.79 Å². The van der Waals surface area contributed by atoms with Crippen molar-refractivity contribution in [2.24, 2.45) is 0 Å². The number of amides is 1. The van der Waals surface area contributed by atoms with E-state index in [1.165, 1.54) is 4.90 Å². The van der Waals surface area contributed by atoms with Crippen molar-refractivity contribution in [3.8, 4) is 0 Å². The molecular weight excluding hydrogens is 170 g/mol. The van der Waals surface area contributed by atoms with Crippen LogP contribution in [0.2, 0.25) is 0 Å². The van der Waals surface area contributed by atoms with Crippen molar-refractivity contribution in [2.45, 2.75) is 45.7 Å². The number of nitrogens with zero attached hydrogens (tertiary/aromatic N) is 1. The molecule has 0 heterocycles. The molecule has 0 radical (unpaired) electrons. The van der Waals surface area contributed by atoms with E-state index in [4.69, 9.17) is 10.2 Å². The van der Waals surface area contributed by atoms with Crippen LogP contribution in [0.1, 0.15) is 34.1 Å². The number of rotatable bonds is 3. The third-order valence-electron chi connectivity index (χ3n) is 1.98. The summed E-state index contributed by atoms with van der Waals surface area (Å²) in [6, 6.07) is -0.308. The molecule has 4 heteroatoms. The highest BCUT2D eigenvalue weighted by Crippen LogP contribution is 2.18. The molecule has 13 heavy (non-hydrogen) atoms. The highest BCUT2D eigenvalue weighted by atomic mass is 16.4. The topological polar surface area (TPSA) is 60.8 Å². The Hall–Kier alpha value is -0.770. The number of hydrogen-bond donors (Lipinski definition) is 2. The van der Waals surface area contributed by atoms with Gasteiger partial charge in [-0.25, -0.2) is 4.79 Å². The fourth-order valence-electron chi connectivity index (χ4n) is 1.38. The number of carboxylic acid groups (broad SMARTS) is 1. The summed E-state index contributed by atoms with van der Waals surface area (Å²) >= 11 is 0. The fourth-order valence-corrected chi connectivity index (χ4v) is 1.38. The minimum atomic E-state index is -0.978. The lowest BCUT2D eigenvalue weighted by atomic mass is 10.0. The average molecular weight is 189 g/mol. The van der Waals surface area contributed by atoms with Gasteiger partial charge in [0.05, 0.1) is 12.6 Å². The molecule has 0 aromatic rings. The summed E-state index contributed by atoms with van der Waals surface area (Å²) in [6.07, 6.45) is -0.353. The first kappa shape index (κ1) is 12.2. The van der Waals surface area contributed by atoms with Crippen molar-refractivity contribution >= 4 is 6.09 Å². The Morgan fingerprint density at radius 2 is 1.92 bits per heavy atom. The van der Waals surface area contributed by atoms with Gasteiger partial charge in [0.25, 0.3) is 0 Å². The standard InChI is InChI=1S/C9H19NO3/c1-5-7(6-11)10(8(12)13)9(2,3)4/h7,11H,5-6H2,1-4H3,(H,12,13)/t7-/m0/s1. The summed E-state index contributed by atoms with van der Waals surface area (Å²) in [5.41, 5.74) is -0.463. The van der Waals surface area contributed by atoms with Crippen molar-refractivity contribution in [3.05, 3.63) is 0 Å². The van der Waals surface area contributed by atoms with Gasteiger partial charge in [0.2, 0.25) is 0 Å². The molecule has 0 saturated heterocycles. The highest BCUT2D eigenvalue weighted by molar-refractivity contribution is 5.66. The van der Waals surface area contributed by atoms with E-state index in [0.717, 1.165) is 0 Å². The summed E-state index contributed by atoms with van der Waals surface area (Å²) in [7, 11) is 0. The molecule has 0 aliphatic carbocycles. The van der Waals surface area contributed by atoms with Crippen LogP contribution in [-0.2, 0) is 0 Å². The van der Waals surface area contributed by atoms with Crippen molar-refractivity contribution in [2.75, 3.05) is 6.61 Å². The minimum Gasteiger partial charge on any atom is -0.465 e. The molecule has 0 aromatic carbocycles. The maximum atomic E-state index is 10.9. The Labute approximate surface area is 79.2 Å². The van der Waals surface area contributed by atoms with Gasteiger partial charge in [0.1, 0.15) is 0 Å². The van der Waals surface area contributed by atoms with Gasteiger partial charge in [-0.2, -0.15) is 0 Å². The Balaban J connectivity index is 4.69. The third kappa shape index (κ3) is 3.22. The Morgan fingerprint density at radius 1 is 1.46 bits per heavy atom. The van der Waals surface area contributed by atoms with Crippen molar-refractivity contribution in [1.82, 2.24) is 4.90 Å². The van der Waals surface area contributed by atoms with Crippen LogP contribution in [0.25, 0.3) is 0 Å². The smallest absolute Gasteiger partial charge is 0.408 e. The van der Waals surface area contributed by atoms with Crippen LogP contribution in [-0.4, -0.2) is 39.4 Å². The van der Waals surface area contributed by atoms with Gasteiger partial charge in [-0.3, -0.25) is 4.90 Å². The maximum Gasteiger partial charge on any atom is 0.408 e. The monoisotopic (exact) mass is 189 g/mol. The van der Waals surface area contributed by atoms with Crippen molar-refractivity contribution < 1.29 is 15.0 Å². The molecule has 78 valence electrons. The summed E-state index contributed by atoms with van der Waals surface area (Å²) in [5, 5.41) is 18.0. The van der Waals surface area contributed by atoms with Crippen LogP contribution < -0.4 is 0 Å². The molecule has 1 atom stereocenters. The Morgan fingerprint density at radius 3 is 2.00 bits per heavy atom. The lowest BCUT2D eigenvalue weighted by Crippen LogP contribution is -2.52. The molecule has 0 aliphatic rings. The van der Waals surface area contributed by atoms with Crippen LogP contribution >= 0.6 is 0 Å². The molecule has 0 rings (SSSR count). The maximum absolute atomic E-state index is 10.9. The van der Waals surface area contributed by atoms with Crippen LogP contribution in [0.15, 0.2) is 0 Å². The van der Waals surface area contributed by atoms with E-state index >= 15 is 0 Å². The quantitative estimate of drug-likeness (QED) is 0.707. The molecule has 0 aromatic heterocycles. The first-order valence-electron chi connectivity index (χ1n) is 4.47. The van der Waals surface area contributed by atoms with Gasteiger partial charge in [-0.05, 0) is 27.2 Å². The molecule has 0 unspecified atom stereocenters. The molecule has 0 spiro atoms. The first-order valence-corrected chi connectivity index (χ1v) is 4.47. The zero-order valence-corrected chi connectivity index (χ0v) is 8.74. The Bertz CT molecular complexity index is 170. The SMILES string of the molecule is CC[C@@H](CO)N(C(=O)O)C(C)(C)C. The summed E-state index contributed by atoms with van der Waals surface area (Å²) < 4.78 is 0. The predicted molar refractivity (Wildman–Crippen MR) is 50.8 cm³/mol. The molecule has 0 bridgehead atoms. The van der Waals surface area contributed by atoms with E-state index in [-0.39, 0.29) is 12.6 Å². The molecule has 1 amide bonds. The van der Waals surface area contributed by atoms with Crippen LogP contribution in [0.5, 0.6) is 0 Å². The summed E-state index contributed by atoms with van der Waals surface area (Å²) in [5.74, 6) is 0. The third-order valence-corrected chi connectivity index (χ3v) is 1.98. The Kier molecular flexibility index (Phi) is 4.20. The van der Waals surface area contributed by atoms with E-state index in [2.05, 4.69) is 0 Å². The lowest BCUT2D eigenvalue weighted by Gasteiger charge is -2.38. The van der Waals surface area contributed by atoms with Crippen LogP contribution in [0.3, 0.4) is 0 Å². The van der Waals surface area contributed by atoms with Gasteiger partial charge in [0, 0.05) is 5.54 Å². The van der Waals surface area contributed by atoms with E-state index in [1.54, 1.807) is 0 Å². The second kappa shape index (κ2) is 4.46. The van der Waals surface area contributed by atoms with Crippen LogP contribution in [0, 0.1) is 0 Å². The van der Waals surface area contributed by atoms with Gasteiger partial charge < -0.3 is 10.2 Å². The molecular formula is C9H19NO3. The molecule has 2 N–H and O–H groups in total. The summed E-state index contributed by atoms with van der Waals surface area (Å²) in [6.45, 7) is 7.20. The average Bonchev–Trinajstić information content (AvgIpc) is 1.96. The molecule has 0 aliphatic heterocycles. The van der Waals surface area contributed by atoms with E-state index in [0.29, 0.717) is 6.42 Å². The van der Waals surface area contributed by atoms with Crippen molar-refractivity contribution in [1.29, 1.82) is 0 Å². The van der Waals surface area contributed by atoms with Gasteiger partial charge in [-0.15, -0.1) is 0 Å². The molecule has 0 saturated carbocycles. The van der Waals surface area contributed by atoms with Gasteiger partial charge in [-0.1, -0.05) is 6.92 Å². The minimum absolute atomic E-state index is 0.125. The first-order chi connectivity index (χ1) is 5.84. The second-order valence-electron chi connectivity index (χ2n) is 4.07. The number of aliphatic hydroxyl groups excluding tert-OH is 1. The largest absolute Gasteiger partial charge is 0.465 e. The summed E-state index contributed by atoms with van der Waals surface area (Å²) in [4.78, 5) is 12.2. The van der Waals surface area contributed by atoms with Crippen LogP contribution in [0.4, 0.5) is 4.79 Å². The highest BCUT2D eigenvalue weighted by Gasteiger charge is 2.31. The molecule has 4 nitrogen and oxygen atoms in total. The number of carbonyl (C=O) groups is 1. The lowest BCUT2D eigenvalue weighted by molar-refractivity contribution is 0.0450. The van der Waals surface area contributed by atoms with Crippen molar-refractivity contribution in [3.63, 3.8) is 0 Å². The van der Waals surface area contributed by atoms with Gasteiger partial charge in [0.15, 0.2) is 0 Å². The fraction of sp³-hybridized carbons (Fsp3) is 0.889. The van der Waals surface area contributed by atoms with E-state index in [1.807, 2.05) is 27.7 Å². The predicted octanol–water partition coefficient (Wildman–Crippen LogP) is 1.54. The second-order valence-corrected chi connectivity index (χ2v) is 4.07. The number of aliphatic hydroxyl groups is 1. The zero-order chi connectivity index (χ0) is 10.6. The zero-order valence-electron chi connectivity index (χ0n) is 8.74. The number of hydrogen-bond acceptors (Lipinski definition) is 2. The van der Waals surface area contributed by atoms with Gasteiger partial charge >= 0.3 is 6.09 Å². The molecule has 0 fully saturated rings. The normalized spacial score (nSPS) is 13.9. The van der Waals surface area contributed by atoms with E-state index < -0.39 is 11.6 Å².